The monoisotopic (exact) mass is 147 g/mol. The average Bonchev–Trinajstić information content (AvgIpc) is 1.85. The van der Waals surface area contributed by atoms with E-state index in [1.54, 1.807) is 6.92 Å². The molecule has 0 saturated carbocycles. The normalized spacial score (nSPS) is 12.7. The molecule has 0 radical (unpaired) electrons. The largest absolute Gasteiger partial charge is 0.392 e. The Morgan fingerprint density at radius 1 is 1.80 bits per heavy atom. The van der Waals surface area contributed by atoms with E-state index in [0.29, 0.717) is 0 Å². The van der Waals surface area contributed by atoms with E-state index in [4.69, 9.17) is 5.11 Å². The van der Waals surface area contributed by atoms with Crippen LogP contribution < -0.4 is 5.32 Å². The summed E-state index contributed by atoms with van der Waals surface area (Å²) in [5.41, 5.74) is 0. The van der Waals surface area contributed by atoms with E-state index in [0.717, 1.165) is 0 Å². The van der Waals surface area contributed by atoms with Crippen molar-refractivity contribution in [2.45, 2.75) is 13.0 Å². The van der Waals surface area contributed by atoms with Crippen LogP contribution in [0.3, 0.4) is 0 Å². The van der Waals surface area contributed by atoms with Crippen molar-refractivity contribution in [3.8, 4) is 0 Å². The van der Waals surface area contributed by atoms with E-state index in [-0.39, 0.29) is 19.1 Å². The summed E-state index contributed by atoms with van der Waals surface area (Å²) in [5.74, 6) is -0.205. The zero-order valence-corrected chi connectivity index (χ0v) is 6.26. The predicted octanol–water partition coefficient (Wildman–Crippen LogP) is -0.870. The van der Waals surface area contributed by atoms with Crippen LogP contribution in [0.4, 0.5) is 0 Å². The van der Waals surface area contributed by atoms with Gasteiger partial charge in [-0.15, -0.1) is 0 Å². The van der Waals surface area contributed by atoms with Crippen LogP contribution in [0.25, 0.3) is 0 Å². The topological polar surface area (TPSA) is 58.6 Å². The number of carbonyl (C=O) groups excluding carboxylic acids is 1. The maximum absolute atomic E-state index is 10.6. The Morgan fingerprint density at radius 2 is 2.40 bits per heavy atom. The molecule has 2 N–H and O–H groups in total. The number of aliphatic hydroxyl groups is 1. The third-order valence-electron chi connectivity index (χ3n) is 0.870. The van der Waals surface area contributed by atoms with Crippen molar-refractivity contribution >= 4 is 5.91 Å². The molecule has 0 aliphatic carbocycles. The van der Waals surface area contributed by atoms with Gasteiger partial charge in [0, 0.05) is 13.7 Å². The molecule has 10 heavy (non-hydrogen) atoms. The maximum atomic E-state index is 10.6. The Hall–Kier alpha value is -0.610. The van der Waals surface area contributed by atoms with E-state index in [9.17, 15) is 4.79 Å². The smallest absolute Gasteiger partial charge is 0.246 e. The first-order valence-electron chi connectivity index (χ1n) is 3.10. The fourth-order valence-corrected chi connectivity index (χ4v) is 0.444. The van der Waals surface area contributed by atoms with Crippen molar-refractivity contribution in [3.05, 3.63) is 0 Å². The summed E-state index contributed by atoms with van der Waals surface area (Å²) < 4.78 is 4.54. The Labute approximate surface area is 60.2 Å². The van der Waals surface area contributed by atoms with E-state index in [1.165, 1.54) is 7.11 Å². The van der Waals surface area contributed by atoms with Crippen LogP contribution in [0, 0.1) is 0 Å². The maximum Gasteiger partial charge on any atom is 0.246 e. The van der Waals surface area contributed by atoms with Crippen LogP contribution in [0.15, 0.2) is 0 Å². The quantitative estimate of drug-likeness (QED) is 0.543. The number of ether oxygens (including phenoxy) is 1. The zero-order chi connectivity index (χ0) is 7.98. The molecule has 1 amide bonds. The van der Waals surface area contributed by atoms with Crippen molar-refractivity contribution in [1.29, 1.82) is 0 Å². The molecule has 0 fully saturated rings. The molecule has 0 aliphatic rings. The minimum atomic E-state index is -0.499. The van der Waals surface area contributed by atoms with Gasteiger partial charge in [-0.05, 0) is 6.92 Å². The van der Waals surface area contributed by atoms with E-state index in [2.05, 4.69) is 10.1 Å². The third-order valence-corrected chi connectivity index (χ3v) is 0.870. The fraction of sp³-hybridized carbons (Fsp3) is 0.833. The molecule has 0 rings (SSSR count). The second-order valence-corrected chi connectivity index (χ2v) is 2.09. The van der Waals surface area contributed by atoms with Gasteiger partial charge in [0.05, 0.1) is 6.10 Å². The van der Waals surface area contributed by atoms with Crippen molar-refractivity contribution in [2.75, 3.05) is 20.3 Å². The van der Waals surface area contributed by atoms with Crippen LogP contribution in [-0.2, 0) is 9.53 Å². The highest BCUT2D eigenvalue weighted by Crippen LogP contribution is 1.75. The lowest BCUT2D eigenvalue weighted by atomic mass is 10.4. The molecule has 0 unspecified atom stereocenters. The summed E-state index contributed by atoms with van der Waals surface area (Å²) in [5, 5.41) is 11.2. The highest BCUT2D eigenvalue weighted by atomic mass is 16.5. The molecule has 0 aromatic heterocycles. The lowest BCUT2D eigenvalue weighted by molar-refractivity contribution is -0.125. The fourth-order valence-electron chi connectivity index (χ4n) is 0.444. The summed E-state index contributed by atoms with van der Waals surface area (Å²) in [7, 11) is 1.45. The van der Waals surface area contributed by atoms with Gasteiger partial charge in [0.15, 0.2) is 0 Å². The number of rotatable bonds is 4. The number of hydrogen-bond acceptors (Lipinski definition) is 3. The highest BCUT2D eigenvalue weighted by Gasteiger charge is 2.00. The van der Waals surface area contributed by atoms with Crippen molar-refractivity contribution in [1.82, 2.24) is 5.32 Å². The Balaban J connectivity index is 3.22. The number of carbonyl (C=O) groups is 1. The molecular weight excluding hydrogens is 134 g/mol. The van der Waals surface area contributed by atoms with Gasteiger partial charge in [-0.3, -0.25) is 4.79 Å². The molecule has 0 spiro atoms. The van der Waals surface area contributed by atoms with Crippen LogP contribution in [0.5, 0.6) is 0 Å². The standard InChI is InChI=1S/C6H13NO3/c1-5(8)3-7-6(9)4-10-2/h5,8H,3-4H2,1-2H3,(H,7,9)/t5-/m1/s1. The molecule has 0 heterocycles. The second kappa shape index (κ2) is 5.20. The van der Waals surface area contributed by atoms with Crippen LogP contribution in [0.2, 0.25) is 0 Å². The Kier molecular flexibility index (Phi) is 4.88. The van der Waals surface area contributed by atoms with Crippen molar-refractivity contribution in [2.24, 2.45) is 0 Å². The van der Waals surface area contributed by atoms with Gasteiger partial charge in [-0.2, -0.15) is 0 Å². The molecule has 0 aromatic rings. The van der Waals surface area contributed by atoms with Gasteiger partial charge in [-0.25, -0.2) is 0 Å². The molecule has 4 heteroatoms. The molecule has 1 atom stereocenters. The minimum absolute atomic E-state index is 0.0483. The molecule has 0 saturated heterocycles. The number of aliphatic hydroxyl groups excluding tert-OH is 1. The molecule has 0 bridgehead atoms. The Bertz CT molecular complexity index is 103. The first kappa shape index (κ1) is 9.39. The predicted molar refractivity (Wildman–Crippen MR) is 36.6 cm³/mol. The molecule has 0 aliphatic heterocycles. The number of methoxy groups -OCH3 is 1. The summed E-state index contributed by atoms with van der Waals surface area (Å²) >= 11 is 0. The van der Waals surface area contributed by atoms with Gasteiger partial charge in [0.1, 0.15) is 6.61 Å². The lowest BCUT2D eigenvalue weighted by Gasteiger charge is -2.05. The average molecular weight is 147 g/mol. The third kappa shape index (κ3) is 5.53. The van der Waals surface area contributed by atoms with Crippen LogP contribution in [-0.4, -0.2) is 37.4 Å². The lowest BCUT2D eigenvalue weighted by Crippen LogP contribution is -2.32. The summed E-state index contributed by atoms with van der Waals surface area (Å²) in [6.45, 7) is 1.93. The molecule has 4 nitrogen and oxygen atoms in total. The van der Waals surface area contributed by atoms with Gasteiger partial charge in [0.2, 0.25) is 5.91 Å². The van der Waals surface area contributed by atoms with Gasteiger partial charge >= 0.3 is 0 Å². The number of amides is 1. The van der Waals surface area contributed by atoms with Crippen molar-refractivity contribution < 1.29 is 14.6 Å². The molecule has 0 aromatic carbocycles. The van der Waals surface area contributed by atoms with Crippen LogP contribution in [0.1, 0.15) is 6.92 Å². The second-order valence-electron chi connectivity index (χ2n) is 2.09. The number of nitrogens with one attached hydrogen (secondary N) is 1. The van der Waals surface area contributed by atoms with Gasteiger partial charge in [-0.1, -0.05) is 0 Å². The number of hydrogen-bond donors (Lipinski definition) is 2. The highest BCUT2D eigenvalue weighted by molar-refractivity contribution is 5.77. The molecule has 60 valence electrons. The van der Waals surface area contributed by atoms with Gasteiger partial charge < -0.3 is 15.2 Å². The van der Waals surface area contributed by atoms with Crippen molar-refractivity contribution in [3.63, 3.8) is 0 Å². The first-order valence-corrected chi connectivity index (χ1v) is 3.10. The molecular formula is C6H13NO3. The van der Waals surface area contributed by atoms with E-state index < -0.39 is 6.10 Å². The zero-order valence-electron chi connectivity index (χ0n) is 6.26. The Morgan fingerprint density at radius 3 is 2.80 bits per heavy atom. The van der Waals surface area contributed by atoms with E-state index in [1.807, 2.05) is 0 Å². The summed E-state index contributed by atoms with van der Waals surface area (Å²) in [6.07, 6.45) is -0.499. The van der Waals surface area contributed by atoms with E-state index >= 15 is 0 Å². The minimum Gasteiger partial charge on any atom is -0.392 e. The summed E-state index contributed by atoms with van der Waals surface area (Å²) in [6, 6.07) is 0. The van der Waals surface area contributed by atoms with Gasteiger partial charge in [0.25, 0.3) is 0 Å². The summed E-state index contributed by atoms with van der Waals surface area (Å²) in [4.78, 5) is 10.6. The van der Waals surface area contributed by atoms with Crippen LogP contribution >= 0.6 is 0 Å². The SMILES string of the molecule is COCC(=O)NC[C@@H](C)O. The first-order chi connectivity index (χ1) is 4.66.